The maximum absolute atomic E-state index is 12.9. The summed E-state index contributed by atoms with van der Waals surface area (Å²) in [5.41, 5.74) is 9.29. The van der Waals surface area contributed by atoms with Crippen LogP contribution in [0.2, 0.25) is 0 Å². The average Bonchev–Trinajstić information content (AvgIpc) is 2.88. The van der Waals surface area contributed by atoms with Crippen LogP contribution >= 0.6 is 11.3 Å². The second-order valence-electron chi connectivity index (χ2n) is 5.94. The number of carbonyl (C=O) groups is 1. The number of amides is 1. The van der Waals surface area contributed by atoms with Gasteiger partial charge >= 0.3 is 0 Å². The zero-order chi connectivity index (χ0) is 15.9. The van der Waals surface area contributed by atoms with Crippen molar-refractivity contribution < 1.29 is 4.79 Å². The Morgan fingerprint density at radius 3 is 2.95 bits per heavy atom. The minimum atomic E-state index is 0.0358. The molecule has 2 aromatic rings. The zero-order valence-corrected chi connectivity index (χ0v) is 14.0. The van der Waals surface area contributed by atoms with Gasteiger partial charge in [-0.15, -0.1) is 11.3 Å². The summed E-state index contributed by atoms with van der Waals surface area (Å²) < 4.78 is 0. The zero-order valence-electron chi connectivity index (χ0n) is 13.2. The van der Waals surface area contributed by atoms with Gasteiger partial charge in [0.2, 0.25) is 0 Å². The third kappa shape index (κ3) is 2.61. The van der Waals surface area contributed by atoms with Gasteiger partial charge in [0, 0.05) is 18.3 Å². The molecule has 0 bridgehead atoms. The molecule has 1 unspecified atom stereocenters. The normalized spacial score (nSPS) is 17.1. The third-order valence-corrected chi connectivity index (χ3v) is 5.42. The van der Waals surface area contributed by atoms with Gasteiger partial charge in [0.25, 0.3) is 5.91 Å². The number of nitrogens with zero attached hydrogens (tertiary/aromatic N) is 2. The van der Waals surface area contributed by atoms with E-state index >= 15 is 0 Å². The molecule has 4 nitrogen and oxygen atoms in total. The Bertz CT molecular complexity index is 723. The van der Waals surface area contributed by atoms with Crippen molar-refractivity contribution in [3.8, 4) is 0 Å². The number of hydrogen-bond acceptors (Lipinski definition) is 4. The van der Waals surface area contributed by atoms with Gasteiger partial charge in [-0.2, -0.15) is 0 Å². The van der Waals surface area contributed by atoms with E-state index in [2.05, 4.69) is 4.98 Å². The van der Waals surface area contributed by atoms with Crippen molar-refractivity contribution in [2.45, 2.75) is 39.2 Å². The molecule has 0 fully saturated rings. The predicted octanol–water partition coefficient (Wildman–Crippen LogP) is 3.49. The molecule has 1 aliphatic rings. The molecule has 0 saturated heterocycles. The molecule has 1 atom stereocenters. The minimum Gasteiger partial charge on any atom is -0.399 e. The number of nitrogen functional groups attached to an aromatic ring is 1. The Kier molecular flexibility index (Phi) is 3.91. The fraction of sp³-hybridized carbons (Fsp3) is 0.412. The molecule has 3 rings (SSSR count). The highest BCUT2D eigenvalue weighted by Crippen LogP contribution is 2.38. The quantitative estimate of drug-likeness (QED) is 0.863. The first-order valence-corrected chi connectivity index (χ1v) is 8.38. The van der Waals surface area contributed by atoms with Crippen LogP contribution in [0.15, 0.2) is 18.2 Å². The maximum atomic E-state index is 12.9. The largest absolute Gasteiger partial charge is 0.399 e. The number of nitrogens with two attached hydrogens (primary N) is 1. The molecule has 1 amide bonds. The van der Waals surface area contributed by atoms with Crippen LogP contribution in [-0.4, -0.2) is 22.8 Å². The number of aromatic nitrogens is 1. The van der Waals surface area contributed by atoms with Gasteiger partial charge < -0.3 is 10.6 Å². The van der Waals surface area contributed by atoms with Gasteiger partial charge in [-0.3, -0.25) is 4.79 Å². The summed E-state index contributed by atoms with van der Waals surface area (Å²) in [5.74, 6) is 0.0358. The van der Waals surface area contributed by atoms with E-state index in [0.717, 1.165) is 29.8 Å². The Morgan fingerprint density at radius 2 is 2.18 bits per heavy atom. The van der Waals surface area contributed by atoms with Crippen LogP contribution in [0, 0.1) is 13.8 Å². The second kappa shape index (κ2) is 5.72. The molecule has 1 aromatic carbocycles. The van der Waals surface area contributed by atoms with E-state index in [1.54, 1.807) is 17.4 Å². The molecule has 0 spiro atoms. The Balaban J connectivity index is 1.92. The minimum absolute atomic E-state index is 0.0358. The highest BCUT2D eigenvalue weighted by Gasteiger charge is 2.30. The molecule has 0 radical (unpaired) electrons. The number of benzene rings is 1. The van der Waals surface area contributed by atoms with Crippen molar-refractivity contribution >= 4 is 22.9 Å². The lowest BCUT2D eigenvalue weighted by molar-refractivity contribution is 0.0717. The van der Waals surface area contributed by atoms with Crippen LogP contribution in [0.5, 0.6) is 0 Å². The molecule has 22 heavy (non-hydrogen) atoms. The average molecular weight is 315 g/mol. The van der Waals surface area contributed by atoms with E-state index in [4.69, 9.17) is 5.73 Å². The van der Waals surface area contributed by atoms with Crippen molar-refractivity contribution in [1.29, 1.82) is 0 Å². The van der Waals surface area contributed by atoms with E-state index in [9.17, 15) is 4.79 Å². The highest BCUT2D eigenvalue weighted by atomic mass is 32.1. The standard InChI is InChI=1S/C17H21N3OS/c1-10-7-8-12(18)9-13(10)17(21)20(3)15-6-4-5-14-16(15)22-11(2)19-14/h7-9,15H,4-6,18H2,1-3H3. The SMILES string of the molecule is Cc1nc2c(s1)C(N(C)C(=O)c1cc(N)ccc1C)CCC2. The van der Waals surface area contributed by atoms with Gasteiger partial charge in [0.1, 0.15) is 0 Å². The maximum Gasteiger partial charge on any atom is 0.254 e. The fourth-order valence-corrected chi connectivity index (χ4v) is 4.24. The van der Waals surface area contributed by atoms with Crippen molar-refractivity contribution in [3.63, 3.8) is 0 Å². The van der Waals surface area contributed by atoms with E-state index in [1.807, 2.05) is 37.9 Å². The van der Waals surface area contributed by atoms with Gasteiger partial charge in [-0.1, -0.05) is 6.07 Å². The number of anilines is 1. The van der Waals surface area contributed by atoms with E-state index in [0.29, 0.717) is 11.3 Å². The van der Waals surface area contributed by atoms with Crippen molar-refractivity contribution in [1.82, 2.24) is 9.88 Å². The molecule has 116 valence electrons. The lowest BCUT2D eigenvalue weighted by Gasteiger charge is -2.31. The summed E-state index contributed by atoms with van der Waals surface area (Å²) in [7, 11) is 1.89. The van der Waals surface area contributed by atoms with Crippen LogP contribution in [0.1, 0.15) is 50.4 Å². The van der Waals surface area contributed by atoms with Gasteiger partial charge in [-0.05, 0) is 50.8 Å². The van der Waals surface area contributed by atoms with Crippen LogP contribution in [-0.2, 0) is 6.42 Å². The fourth-order valence-electron chi connectivity index (χ4n) is 3.09. The first-order valence-electron chi connectivity index (χ1n) is 7.57. The number of rotatable bonds is 2. The topological polar surface area (TPSA) is 59.2 Å². The van der Waals surface area contributed by atoms with Crippen LogP contribution in [0.25, 0.3) is 0 Å². The van der Waals surface area contributed by atoms with Crippen molar-refractivity contribution in [2.75, 3.05) is 12.8 Å². The second-order valence-corrected chi connectivity index (χ2v) is 7.18. The summed E-state index contributed by atoms with van der Waals surface area (Å²) in [6.45, 7) is 3.98. The summed E-state index contributed by atoms with van der Waals surface area (Å²) in [6.07, 6.45) is 3.10. The smallest absolute Gasteiger partial charge is 0.254 e. The molecule has 0 saturated carbocycles. The first-order chi connectivity index (χ1) is 10.5. The number of carbonyl (C=O) groups excluding carboxylic acids is 1. The van der Waals surface area contributed by atoms with E-state index < -0.39 is 0 Å². The number of aryl methyl sites for hydroxylation is 3. The number of fused-ring (bicyclic) bond motifs is 1. The van der Waals surface area contributed by atoms with Crippen LogP contribution in [0.3, 0.4) is 0 Å². The molecule has 1 aromatic heterocycles. The lowest BCUT2D eigenvalue weighted by Crippen LogP contribution is -2.33. The summed E-state index contributed by atoms with van der Waals surface area (Å²) >= 11 is 1.72. The number of thiazole rings is 1. The molecule has 5 heteroatoms. The van der Waals surface area contributed by atoms with Gasteiger partial charge in [0.15, 0.2) is 0 Å². The summed E-state index contributed by atoms with van der Waals surface area (Å²) in [4.78, 5) is 20.6. The third-order valence-electron chi connectivity index (χ3n) is 4.31. The Labute approximate surface area is 135 Å². The van der Waals surface area contributed by atoms with Crippen LogP contribution in [0.4, 0.5) is 5.69 Å². The van der Waals surface area contributed by atoms with Gasteiger partial charge in [0.05, 0.1) is 21.6 Å². The highest BCUT2D eigenvalue weighted by molar-refractivity contribution is 7.11. The molecular formula is C17H21N3OS. The molecular weight excluding hydrogens is 294 g/mol. The van der Waals surface area contributed by atoms with Gasteiger partial charge in [-0.25, -0.2) is 4.98 Å². The van der Waals surface area contributed by atoms with E-state index in [1.165, 1.54) is 10.6 Å². The van der Waals surface area contributed by atoms with Crippen molar-refractivity contribution in [3.05, 3.63) is 44.9 Å². The van der Waals surface area contributed by atoms with E-state index in [-0.39, 0.29) is 11.9 Å². The summed E-state index contributed by atoms with van der Waals surface area (Å²) in [5, 5.41) is 1.08. The molecule has 2 N–H and O–H groups in total. The molecule has 1 aliphatic carbocycles. The Morgan fingerprint density at radius 1 is 1.41 bits per heavy atom. The monoisotopic (exact) mass is 315 g/mol. The first kappa shape index (κ1) is 15.0. The van der Waals surface area contributed by atoms with Crippen molar-refractivity contribution in [2.24, 2.45) is 0 Å². The summed E-state index contributed by atoms with van der Waals surface area (Å²) in [6, 6.07) is 5.63. The predicted molar refractivity (Wildman–Crippen MR) is 90.2 cm³/mol. The molecule has 0 aliphatic heterocycles. The Hall–Kier alpha value is -1.88. The molecule has 1 heterocycles. The lowest BCUT2D eigenvalue weighted by atomic mass is 9.96. The van der Waals surface area contributed by atoms with Crippen LogP contribution < -0.4 is 5.73 Å². The number of hydrogen-bond donors (Lipinski definition) is 1.